The van der Waals surface area contributed by atoms with Gasteiger partial charge in [0, 0.05) is 50.3 Å². The molecule has 0 saturated heterocycles. The predicted octanol–water partition coefficient (Wildman–Crippen LogP) is 4.95. The summed E-state index contributed by atoms with van der Waals surface area (Å²) in [5.74, 6) is 0. The van der Waals surface area contributed by atoms with Gasteiger partial charge in [-0.3, -0.25) is 0 Å². The second kappa shape index (κ2) is 8.98. The molecule has 0 spiro atoms. The van der Waals surface area contributed by atoms with E-state index in [1.165, 1.54) is 22.5 Å². The molecule has 4 rings (SSSR count). The molecule has 2 heterocycles. The Balaban J connectivity index is 0.00000121. The molecule has 0 unspecified atom stereocenters. The first kappa shape index (κ1) is 20.9. The van der Waals surface area contributed by atoms with Crippen LogP contribution in [-0.4, -0.2) is 37.2 Å². The van der Waals surface area contributed by atoms with E-state index in [1.54, 1.807) is 0 Å². The van der Waals surface area contributed by atoms with E-state index in [0.29, 0.717) is 0 Å². The Morgan fingerprint density at radius 2 is 0.885 bits per heavy atom. The van der Waals surface area contributed by atoms with Crippen molar-refractivity contribution in [2.75, 3.05) is 37.2 Å². The van der Waals surface area contributed by atoms with Crippen LogP contribution in [0, 0.1) is 0 Å². The summed E-state index contributed by atoms with van der Waals surface area (Å²) in [6.07, 6.45) is 8.42. The second-order valence-electron chi connectivity index (χ2n) is 6.43. The summed E-state index contributed by atoms with van der Waals surface area (Å²) in [5.41, 5.74) is 4.94. The first-order chi connectivity index (χ1) is 11.7. The molecular weight excluding hydrogens is 550 g/mol. The maximum absolute atomic E-state index is 2.24. The van der Waals surface area contributed by atoms with Crippen molar-refractivity contribution in [3.63, 3.8) is 0 Å². The van der Waals surface area contributed by atoms with E-state index in [4.69, 9.17) is 0 Å². The topological polar surface area (TPSA) is 13.0 Å². The fraction of sp³-hybridized carbons (Fsp3) is 0.200. The van der Waals surface area contributed by atoms with Crippen LogP contribution >= 0.6 is 48.0 Å². The number of halogens is 2. The lowest BCUT2D eigenvalue weighted by molar-refractivity contribution is 0.495. The van der Waals surface area contributed by atoms with Crippen molar-refractivity contribution in [2.45, 2.75) is 0 Å². The van der Waals surface area contributed by atoms with E-state index in [2.05, 4.69) is 107 Å². The fourth-order valence-corrected chi connectivity index (χ4v) is 3.08. The van der Waals surface area contributed by atoms with Gasteiger partial charge in [0.1, 0.15) is 0 Å². The molecule has 0 fully saturated rings. The van der Waals surface area contributed by atoms with E-state index >= 15 is 0 Å². The van der Waals surface area contributed by atoms with Crippen LogP contribution < -0.4 is 9.80 Å². The van der Waals surface area contributed by atoms with Crippen molar-refractivity contribution in [2.24, 2.45) is 0 Å². The molecule has 0 radical (unpaired) electrons. The van der Waals surface area contributed by atoms with E-state index in [0.717, 1.165) is 13.3 Å². The molecule has 0 aromatic heterocycles. The van der Waals surface area contributed by atoms with Gasteiger partial charge < -0.3 is 19.6 Å². The molecule has 4 nitrogen and oxygen atoms in total. The van der Waals surface area contributed by atoms with Gasteiger partial charge in [-0.1, -0.05) is 24.3 Å². The SMILES string of the molecule is CN1C=CN(c2ccc(-c3ccc(N4C=CN(C)C4)cc3)cc2)C1.I.I. The van der Waals surface area contributed by atoms with Crippen LogP contribution in [0.2, 0.25) is 0 Å². The molecule has 138 valence electrons. The number of rotatable bonds is 3. The highest BCUT2D eigenvalue weighted by atomic mass is 127. The Kier molecular flexibility index (Phi) is 7.22. The summed E-state index contributed by atoms with van der Waals surface area (Å²) in [4.78, 5) is 8.81. The molecular formula is C20H24I2N4. The Morgan fingerprint density at radius 1 is 0.538 bits per heavy atom. The van der Waals surface area contributed by atoms with Gasteiger partial charge in [-0.25, -0.2) is 0 Å². The monoisotopic (exact) mass is 574 g/mol. The highest BCUT2D eigenvalue weighted by molar-refractivity contribution is 14.0. The summed E-state index contributed by atoms with van der Waals surface area (Å²) in [7, 11) is 4.17. The predicted molar refractivity (Wildman–Crippen MR) is 131 cm³/mol. The molecule has 2 aromatic rings. The largest absolute Gasteiger partial charge is 0.361 e. The molecule has 0 atom stereocenters. The van der Waals surface area contributed by atoms with Crippen molar-refractivity contribution in [3.05, 3.63) is 73.3 Å². The quantitative estimate of drug-likeness (QED) is 0.482. The van der Waals surface area contributed by atoms with Gasteiger partial charge >= 0.3 is 0 Å². The van der Waals surface area contributed by atoms with Crippen molar-refractivity contribution in [1.82, 2.24) is 9.80 Å². The van der Waals surface area contributed by atoms with Gasteiger partial charge in [0.05, 0.1) is 13.3 Å². The highest BCUT2D eigenvalue weighted by Gasteiger charge is 2.12. The number of nitrogens with zero attached hydrogens (tertiary/aromatic N) is 4. The fourth-order valence-electron chi connectivity index (χ4n) is 3.08. The van der Waals surface area contributed by atoms with Gasteiger partial charge in [-0.2, -0.15) is 0 Å². The zero-order chi connectivity index (χ0) is 16.5. The zero-order valence-corrected chi connectivity index (χ0v) is 19.6. The lowest BCUT2D eigenvalue weighted by atomic mass is 10.0. The molecule has 2 aliphatic rings. The average Bonchev–Trinajstić information content (AvgIpc) is 3.24. The summed E-state index contributed by atoms with van der Waals surface area (Å²) >= 11 is 0. The number of hydrogen-bond acceptors (Lipinski definition) is 4. The molecule has 6 heteroatoms. The lowest BCUT2D eigenvalue weighted by Crippen LogP contribution is -2.21. The maximum Gasteiger partial charge on any atom is 0.0938 e. The summed E-state index contributed by atoms with van der Waals surface area (Å²) < 4.78 is 0. The normalized spacial score (nSPS) is 15.3. The third kappa shape index (κ3) is 4.46. The van der Waals surface area contributed by atoms with Crippen LogP contribution in [0.1, 0.15) is 0 Å². The standard InChI is InChI=1S/C20H22N4.2HI/c1-21-11-13-23(15-21)19-7-3-17(4-8-19)18-5-9-20(10-6-18)24-14-12-22(2)16-24;;/h3-14H,15-16H2,1-2H3;2*1H. The van der Waals surface area contributed by atoms with E-state index in [9.17, 15) is 0 Å². The zero-order valence-electron chi connectivity index (χ0n) is 14.9. The van der Waals surface area contributed by atoms with Crippen molar-refractivity contribution >= 4 is 59.3 Å². The molecule has 0 amide bonds. The minimum absolute atomic E-state index is 0. The molecule has 26 heavy (non-hydrogen) atoms. The van der Waals surface area contributed by atoms with Crippen molar-refractivity contribution < 1.29 is 0 Å². The van der Waals surface area contributed by atoms with Gasteiger partial charge in [0.2, 0.25) is 0 Å². The second-order valence-corrected chi connectivity index (χ2v) is 6.43. The summed E-state index contributed by atoms with van der Waals surface area (Å²) in [6, 6.07) is 17.5. The maximum atomic E-state index is 2.24. The Bertz CT molecular complexity index is 704. The summed E-state index contributed by atoms with van der Waals surface area (Å²) in [6.45, 7) is 1.82. The Morgan fingerprint density at radius 3 is 1.15 bits per heavy atom. The molecule has 2 aromatic carbocycles. The van der Waals surface area contributed by atoms with Crippen LogP contribution in [0.5, 0.6) is 0 Å². The van der Waals surface area contributed by atoms with Crippen LogP contribution in [-0.2, 0) is 0 Å². The average molecular weight is 574 g/mol. The van der Waals surface area contributed by atoms with Gasteiger partial charge in [0.15, 0.2) is 0 Å². The smallest absolute Gasteiger partial charge is 0.0938 e. The number of anilines is 2. The van der Waals surface area contributed by atoms with Crippen LogP contribution in [0.3, 0.4) is 0 Å². The van der Waals surface area contributed by atoms with E-state index < -0.39 is 0 Å². The number of benzene rings is 2. The first-order valence-corrected chi connectivity index (χ1v) is 8.20. The van der Waals surface area contributed by atoms with Crippen LogP contribution in [0.25, 0.3) is 11.1 Å². The number of hydrogen-bond donors (Lipinski definition) is 0. The van der Waals surface area contributed by atoms with E-state index in [-0.39, 0.29) is 48.0 Å². The third-order valence-corrected chi connectivity index (χ3v) is 4.48. The first-order valence-electron chi connectivity index (χ1n) is 8.20. The van der Waals surface area contributed by atoms with Gasteiger partial charge in [0.25, 0.3) is 0 Å². The highest BCUT2D eigenvalue weighted by Crippen LogP contribution is 2.27. The van der Waals surface area contributed by atoms with Crippen molar-refractivity contribution in [1.29, 1.82) is 0 Å². The molecule has 0 aliphatic carbocycles. The van der Waals surface area contributed by atoms with Gasteiger partial charge in [-0.15, -0.1) is 48.0 Å². The van der Waals surface area contributed by atoms with Crippen LogP contribution in [0.15, 0.2) is 73.3 Å². The van der Waals surface area contributed by atoms with Gasteiger partial charge in [-0.05, 0) is 35.4 Å². The minimum atomic E-state index is 0. The Hall–Kier alpha value is -1.42. The molecule has 0 saturated carbocycles. The molecule has 0 bridgehead atoms. The third-order valence-electron chi connectivity index (χ3n) is 4.48. The molecule has 2 aliphatic heterocycles. The minimum Gasteiger partial charge on any atom is -0.361 e. The van der Waals surface area contributed by atoms with E-state index in [1.807, 2.05) is 0 Å². The molecule has 0 N–H and O–H groups in total. The lowest BCUT2D eigenvalue weighted by Gasteiger charge is -2.19. The van der Waals surface area contributed by atoms with Crippen LogP contribution in [0.4, 0.5) is 11.4 Å². The van der Waals surface area contributed by atoms with Crippen molar-refractivity contribution in [3.8, 4) is 11.1 Å². The summed E-state index contributed by atoms with van der Waals surface area (Å²) in [5, 5.41) is 0. The Labute approximate surface area is 189 Å².